The molecule has 0 aliphatic carbocycles. The van der Waals surface area contributed by atoms with Gasteiger partial charge in [0.25, 0.3) is 0 Å². The second-order valence-corrected chi connectivity index (χ2v) is 5.84. The van der Waals surface area contributed by atoms with Crippen LogP contribution in [-0.2, 0) is 11.2 Å². The van der Waals surface area contributed by atoms with E-state index in [0.29, 0.717) is 22.3 Å². The molecule has 0 aromatic heterocycles. The lowest BCUT2D eigenvalue weighted by Gasteiger charge is -2.11. The summed E-state index contributed by atoms with van der Waals surface area (Å²) in [5, 5.41) is 2.27. The molecule has 0 amide bonds. The maximum absolute atomic E-state index is 12.3. The van der Waals surface area contributed by atoms with Crippen LogP contribution in [0.25, 0.3) is 10.8 Å². The Hall–Kier alpha value is -2.72. The van der Waals surface area contributed by atoms with Gasteiger partial charge in [-0.3, -0.25) is 4.79 Å². The summed E-state index contributed by atoms with van der Waals surface area (Å²) in [5.41, 5.74) is 0.779. The Morgan fingerprint density at radius 3 is 2.28 bits per heavy atom. The van der Waals surface area contributed by atoms with Gasteiger partial charge >= 0.3 is 5.97 Å². The number of benzene rings is 3. The smallest absolute Gasteiger partial charge is 0.315 e. The zero-order valence-electron chi connectivity index (χ0n) is 13.9. The van der Waals surface area contributed by atoms with Crippen molar-refractivity contribution in [1.29, 1.82) is 0 Å². The van der Waals surface area contributed by atoms with Crippen LogP contribution in [0.4, 0.5) is 0 Å². The van der Waals surface area contributed by atoms with Gasteiger partial charge in [-0.25, -0.2) is 0 Å². The van der Waals surface area contributed by atoms with E-state index in [1.807, 2.05) is 30.3 Å². The van der Waals surface area contributed by atoms with Crippen molar-refractivity contribution in [1.82, 2.24) is 0 Å². The summed E-state index contributed by atoms with van der Waals surface area (Å²) in [5.74, 6) is 1.32. The van der Waals surface area contributed by atoms with Gasteiger partial charge in [0.15, 0.2) is 11.5 Å². The molecular weight excluding hydrogens is 340 g/mol. The van der Waals surface area contributed by atoms with Crippen LogP contribution in [0.1, 0.15) is 5.56 Å². The summed E-state index contributed by atoms with van der Waals surface area (Å²) in [6.45, 7) is 0. The number of ether oxygens (including phenoxy) is 3. The van der Waals surface area contributed by atoms with E-state index in [-0.39, 0.29) is 12.4 Å². The van der Waals surface area contributed by atoms with E-state index >= 15 is 0 Å². The van der Waals surface area contributed by atoms with Gasteiger partial charge in [-0.15, -0.1) is 0 Å². The van der Waals surface area contributed by atoms with E-state index < -0.39 is 0 Å². The number of hydrogen-bond donors (Lipinski definition) is 0. The van der Waals surface area contributed by atoms with Crippen molar-refractivity contribution >= 4 is 28.3 Å². The van der Waals surface area contributed by atoms with Crippen molar-refractivity contribution in [2.45, 2.75) is 6.42 Å². The maximum atomic E-state index is 12.3. The Labute approximate surface area is 150 Å². The molecule has 128 valence electrons. The lowest BCUT2D eigenvalue weighted by Crippen LogP contribution is -2.11. The fraction of sp³-hybridized carbons (Fsp3) is 0.150. The number of halogens is 1. The third-order valence-corrected chi connectivity index (χ3v) is 4.18. The fourth-order valence-electron chi connectivity index (χ4n) is 2.64. The molecule has 0 heterocycles. The van der Waals surface area contributed by atoms with Crippen LogP contribution >= 0.6 is 11.6 Å². The SMILES string of the molecule is COc1ccc(CC(=O)Oc2ccc(Cl)c3ccccc23)cc1OC. The molecule has 0 bridgehead atoms. The van der Waals surface area contributed by atoms with Crippen molar-refractivity contribution in [3.63, 3.8) is 0 Å². The summed E-state index contributed by atoms with van der Waals surface area (Å²) < 4.78 is 16.0. The Kier molecular flexibility index (Phi) is 5.10. The van der Waals surface area contributed by atoms with Crippen molar-refractivity contribution in [2.75, 3.05) is 14.2 Å². The summed E-state index contributed by atoms with van der Waals surface area (Å²) in [6, 6.07) is 16.3. The van der Waals surface area contributed by atoms with E-state index in [2.05, 4.69) is 0 Å². The van der Waals surface area contributed by atoms with E-state index in [4.69, 9.17) is 25.8 Å². The lowest BCUT2D eigenvalue weighted by atomic mass is 10.1. The molecule has 3 rings (SSSR count). The molecule has 0 aliphatic heterocycles. The van der Waals surface area contributed by atoms with Crippen LogP contribution in [-0.4, -0.2) is 20.2 Å². The topological polar surface area (TPSA) is 44.8 Å². The predicted molar refractivity (Wildman–Crippen MR) is 97.8 cm³/mol. The van der Waals surface area contributed by atoms with E-state index in [1.165, 1.54) is 0 Å². The molecule has 0 saturated heterocycles. The highest BCUT2D eigenvalue weighted by Crippen LogP contribution is 2.32. The largest absolute Gasteiger partial charge is 0.493 e. The van der Waals surface area contributed by atoms with Gasteiger partial charge in [-0.1, -0.05) is 41.9 Å². The van der Waals surface area contributed by atoms with Gasteiger partial charge in [0.05, 0.1) is 20.6 Å². The number of carbonyl (C=O) groups excluding carboxylic acids is 1. The molecule has 0 atom stereocenters. The Morgan fingerprint density at radius 2 is 1.56 bits per heavy atom. The highest BCUT2D eigenvalue weighted by Gasteiger charge is 2.12. The minimum Gasteiger partial charge on any atom is -0.493 e. The molecule has 0 saturated carbocycles. The molecule has 0 N–H and O–H groups in total. The zero-order valence-corrected chi connectivity index (χ0v) is 14.7. The summed E-state index contributed by atoms with van der Waals surface area (Å²) in [4.78, 5) is 12.3. The molecule has 3 aromatic rings. The highest BCUT2D eigenvalue weighted by atomic mass is 35.5. The van der Waals surface area contributed by atoms with Gasteiger partial charge in [-0.05, 0) is 29.8 Å². The first-order valence-electron chi connectivity index (χ1n) is 7.71. The Morgan fingerprint density at radius 1 is 0.880 bits per heavy atom. The van der Waals surface area contributed by atoms with E-state index in [0.717, 1.165) is 16.3 Å². The number of esters is 1. The minimum atomic E-state index is -0.361. The summed E-state index contributed by atoms with van der Waals surface area (Å²) in [6.07, 6.45) is 0.122. The molecule has 4 nitrogen and oxygen atoms in total. The monoisotopic (exact) mass is 356 g/mol. The molecule has 3 aromatic carbocycles. The van der Waals surface area contributed by atoms with Crippen LogP contribution in [0.2, 0.25) is 5.02 Å². The first-order chi connectivity index (χ1) is 12.1. The van der Waals surface area contributed by atoms with Gasteiger partial charge in [0.2, 0.25) is 0 Å². The normalized spacial score (nSPS) is 10.5. The first kappa shape index (κ1) is 17.1. The maximum Gasteiger partial charge on any atom is 0.315 e. The van der Waals surface area contributed by atoms with Crippen LogP contribution in [0.15, 0.2) is 54.6 Å². The average Bonchev–Trinajstić information content (AvgIpc) is 2.64. The molecule has 0 radical (unpaired) electrons. The van der Waals surface area contributed by atoms with Gasteiger partial charge in [-0.2, -0.15) is 0 Å². The molecular formula is C20H17ClO4. The highest BCUT2D eigenvalue weighted by molar-refractivity contribution is 6.35. The van der Waals surface area contributed by atoms with E-state index in [9.17, 15) is 4.79 Å². The average molecular weight is 357 g/mol. The summed E-state index contributed by atoms with van der Waals surface area (Å²) >= 11 is 6.19. The van der Waals surface area contributed by atoms with Crippen molar-refractivity contribution < 1.29 is 19.0 Å². The van der Waals surface area contributed by atoms with Crippen molar-refractivity contribution in [3.05, 3.63) is 65.2 Å². The molecule has 0 fully saturated rings. The predicted octanol–water partition coefficient (Wildman–Crippen LogP) is 4.66. The van der Waals surface area contributed by atoms with Crippen LogP contribution in [0.5, 0.6) is 17.2 Å². The van der Waals surface area contributed by atoms with Gasteiger partial charge in [0, 0.05) is 15.8 Å². The fourth-order valence-corrected chi connectivity index (χ4v) is 2.87. The molecule has 0 spiro atoms. The first-order valence-corrected chi connectivity index (χ1v) is 8.09. The molecule has 5 heteroatoms. The second kappa shape index (κ2) is 7.45. The molecule has 0 unspecified atom stereocenters. The third kappa shape index (κ3) is 3.69. The van der Waals surface area contributed by atoms with E-state index in [1.54, 1.807) is 38.5 Å². The number of hydrogen-bond acceptors (Lipinski definition) is 4. The molecule has 0 aliphatic rings. The zero-order chi connectivity index (χ0) is 17.8. The number of rotatable bonds is 5. The summed E-state index contributed by atoms with van der Waals surface area (Å²) in [7, 11) is 3.12. The second-order valence-electron chi connectivity index (χ2n) is 5.43. The van der Waals surface area contributed by atoms with Gasteiger partial charge < -0.3 is 14.2 Å². The Bertz CT molecular complexity index is 921. The van der Waals surface area contributed by atoms with Crippen LogP contribution in [0, 0.1) is 0 Å². The third-order valence-electron chi connectivity index (χ3n) is 3.85. The number of carbonyl (C=O) groups is 1. The van der Waals surface area contributed by atoms with Crippen molar-refractivity contribution in [2.24, 2.45) is 0 Å². The standard InChI is InChI=1S/C20H17ClO4/c1-23-18-9-7-13(11-19(18)24-2)12-20(22)25-17-10-8-16(21)14-5-3-4-6-15(14)17/h3-11H,12H2,1-2H3. The molecule has 25 heavy (non-hydrogen) atoms. The minimum absolute atomic E-state index is 0.122. The van der Waals surface area contributed by atoms with Crippen molar-refractivity contribution in [3.8, 4) is 17.2 Å². The van der Waals surface area contributed by atoms with Crippen LogP contribution in [0.3, 0.4) is 0 Å². The number of methoxy groups -OCH3 is 2. The quantitative estimate of drug-likeness (QED) is 0.492. The van der Waals surface area contributed by atoms with Crippen LogP contribution < -0.4 is 14.2 Å². The van der Waals surface area contributed by atoms with Gasteiger partial charge in [0.1, 0.15) is 5.75 Å². The Balaban J connectivity index is 1.81. The number of fused-ring (bicyclic) bond motifs is 1. The lowest BCUT2D eigenvalue weighted by molar-refractivity contribution is -0.133.